The molecule has 5 rings (SSSR count). The van der Waals surface area contributed by atoms with Crippen molar-refractivity contribution in [2.24, 2.45) is 17.8 Å². The Bertz CT molecular complexity index is 2210. The third kappa shape index (κ3) is 23.0. The summed E-state index contributed by atoms with van der Waals surface area (Å²) in [6.45, 7) is 8.95. The molecule has 5 heterocycles. The SMILES string of the molecule is C[C@@H]1[C@H](O)[C@@H](C)C=CC=CC=CC=CC=CC=CC=C[C@H](O[C@@H]2O[C@H](C)[C@@H](O)[C@H](NC[C@@]3(O)OC[C@@H](O)[C@@H](O)[C@@H]3O)[C@@H]2O)C[C@@H]2O[C@](O)(C[C@@H](O)C[C@@H](O)[C@H](O)CC[C@@H](O)C[C@@H](O)CC(=O)O[C@H]1C)C[C@H](O)[C@H]2C(=O)NCCCN1CCOCC1. The summed E-state index contributed by atoms with van der Waals surface area (Å²) in [6.07, 6.45) is -2.45. The summed E-state index contributed by atoms with van der Waals surface area (Å²) in [7, 11) is 0. The van der Waals surface area contributed by atoms with Gasteiger partial charge in [-0.25, -0.2) is 0 Å². The van der Waals surface area contributed by atoms with Crippen LogP contribution < -0.4 is 10.6 Å². The Hall–Kier alpha value is -3.72. The minimum Gasteiger partial charge on any atom is -0.462 e. The summed E-state index contributed by atoms with van der Waals surface area (Å²) in [5, 5.41) is 160. The van der Waals surface area contributed by atoms with Gasteiger partial charge in [0.2, 0.25) is 11.7 Å². The maximum atomic E-state index is 14.2. The first-order valence-corrected chi connectivity index (χ1v) is 29.7. The lowest BCUT2D eigenvalue weighted by atomic mass is 9.82. The summed E-state index contributed by atoms with van der Waals surface area (Å²) in [5.41, 5.74) is 0. The van der Waals surface area contributed by atoms with Crippen molar-refractivity contribution in [3.63, 3.8) is 0 Å². The Labute approximate surface area is 497 Å². The zero-order valence-electron chi connectivity index (χ0n) is 49.2. The van der Waals surface area contributed by atoms with Crippen LogP contribution in [0.4, 0.5) is 0 Å². The number of nitrogens with one attached hydrogen (secondary N) is 2. The maximum absolute atomic E-state index is 14.2. The highest BCUT2D eigenvalue weighted by Crippen LogP contribution is 2.39. The minimum absolute atomic E-state index is 0.130. The van der Waals surface area contributed by atoms with E-state index in [1.54, 1.807) is 86.8 Å². The first-order valence-electron chi connectivity index (χ1n) is 29.7. The van der Waals surface area contributed by atoms with Gasteiger partial charge in [-0.15, -0.1) is 0 Å². The Morgan fingerprint density at radius 2 is 1.29 bits per heavy atom. The molecule has 0 aliphatic carbocycles. The van der Waals surface area contributed by atoms with Crippen molar-refractivity contribution < 1.29 is 110 Å². The molecule has 25 heteroatoms. The van der Waals surface area contributed by atoms with Gasteiger partial charge in [0.05, 0.1) is 112 Å². The molecule has 0 aromatic rings. The number of allylic oxidation sites excluding steroid dienone is 12. The fraction of sp³-hybridized carbons (Fsp3) is 0.733. The van der Waals surface area contributed by atoms with Crippen LogP contribution >= 0.6 is 0 Å². The largest absolute Gasteiger partial charge is 0.462 e. The van der Waals surface area contributed by atoms with E-state index in [4.69, 9.17) is 28.4 Å². The van der Waals surface area contributed by atoms with E-state index in [1.807, 2.05) is 13.0 Å². The molecule has 484 valence electrons. The molecule has 0 unspecified atom stereocenters. The molecule has 16 N–H and O–H groups in total. The van der Waals surface area contributed by atoms with Crippen molar-refractivity contribution in [2.75, 3.05) is 52.5 Å². The predicted octanol–water partition coefficient (Wildman–Crippen LogP) is -2.10. The van der Waals surface area contributed by atoms with Crippen molar-refractivity contribution >= 4 is 11.9 Å². The maximum Gasteiger partial charge on any atom is 0.308 e. The number of aliphatic hydroxyl groups is 14. The number of fused-ring (bicyclic) bond motifs is 2. The molecule has 25 nitrogen and oxygen atoms in total. The molecule has 85 heavy (non-hydrogen) atoms. The highest BCUT2D eigenvalue weighted by Gasteiger charge is 2.53. The van der Waals surface area contributed by atoms with Gasteiger partial charge in [0, 0.05) is 57.2 Å². The van der Waals surface area contributed by atoms with Crippen molar-refractivity contribution in [3.8, 4) is 0 Å². The molecular formula is C60H97N3O22. The highest BCUT2D eigenvalue weighted by atomic mass is 16.7. The number of rotatable bonds is 10. The minimum atomic E-state index is -2.47. The van der Waals surface area contributed by atoms with Gasteiger partial charge in [-0.2, -0.15) is 0 Å². The normalized spacial score (nSPS) is 41.7. The van der Waals surface area contributed by atoms with E-state index in [2.05, 4.69) is 15.5 Å². The van der Waals surface area contributed by atoms with Crippen LogP contribution in [0.1, 0.15) is 85.5 Å². The Morgan fingerprint density at radius 1 is 0.671 bits per heavy atom. The first-order chi connectivity index (χ1) is 40.3. The zero-order valence-corrected chi connectivity index (χ0v) is 49.2. The fourth-order valence-electron chi connectivity index (χ4n) is 11.0. The van der Waals surface area contributed by atoms with Crippen molar-refractivity contribution in [2.45, 2.75) is 207 Å². The topological polar surface area (TPSA) is 400 Å². The molecule has 4 saturated heterocycles. The van der Waals surface area contributed by atoms with E-state index in [0.29, 0.717) is 26.2 Å². The number of aliphatic hydroxyl groups excluding tert-OH is 12. The molecule has 23 atom stereocenters. The average molecular weight is 1210 g/mol. The Balaban J connectivity index is 1.42. The quantitative estimate of drug-likeness (QED) is 0.0823. The fourth-order valence-corrected chi connectivity index (χ4v) is 11.0. The number of ether oxygens (including phenoxy) is 6. The van der Waals surface area contributed by atoms with Crippen LogP contribution in [0, 0.1) is 17.8 Å². The summed E-state index contributed by atoms with van der Waals surface area (Å²) >= 11 is 0. The van der Waals surface area contributed by atoms with Crippen LogP contribution in [0.25, 0.3) is 0 Å². The van der Waals surface area contributed by atoms with Crippen LogP contribution in [0.2, 0.25) is 0 Å². The second kappa shape index (κ2) is 35.5. The highest BCUT2D eigenvalue weighted by molar-refractivity contribution is 5.80. The van der Waals surface area contributed by atoms with Crippen LogP contribution in [0.15, 0.2) is 85.1 Å². The lowest BCUT2D eigenvalue weighted by Gasteiger charge is -2.47. The molecule has 0 saturated carbocycles. The molecule has 1 amide bonds. The van der Waals surface area contributed by atoms with Crippen molar-refractivity contribution in [1.82, 2.24) is 15.5 Å². The lowest BCUT2D eigenvalue weighted by Crippen LogP contribution is -2.69. The van der Waals surface area contributed by atoms with Gasteiger partial charge >= 0.3 is 5.97 Å². The molecule has 0 spiro atoms. The molecule has 0 aromatic heterocycles. The molecule has 5 aliphatic rings. The van der Waals surface area contributed by atoms with E-state index in [0.717, 1.165) is 13.1 Å². The average Bonchev–Trinajstić information content (AvgIpc) is 2.08. The predicted molar refractivity (Wildman–Crippen MR) is 307 cm³/mol. The molecule has 2 bridgehead atoms. The number of morpholine rings is 1. The number of amides is 1. The zero-order chi connectivity index (χ0) is 62.4. The number of hydrogen-bond donors (Lipinski definition) is 16. The van der Waals surface area contributed by atoms with Gasteiger partial charge in [0.1, 0.15) is 30.5 Å². The number of hydrogen-bond acceptors (Lipinski definition) is 24. The number of carbonyl (C=O) groups excluding carboxylic acids is 2. The van der Waals surface area contributed by atoms with Gasteiger partial charge in [-0.1, -0.05) is 98.9 Å². The second-order valence-corrected chi connectivity index (χ2v) is 23.3. The van der Waals surface area contributed by atoms with E-state index >= 15 is 0 Å². The molecule has 5 aliphatic heterocycles. The Morgan fingerprint density at radius 3 is 1.94 bits per heavy atom. The standard InChI is InChI=1S/C60H97N3O22/c1-36-18-15-13-11-9-7-5-6-8-10-12-14-16-19-43(84-58-55(75)51(53(73)39(4)83-58)62-35-60(79)56(76)54(74)47(70)34-81-60)31-48-50(57(77)61-22-17-23-63-24-26-80-27-25-63)46(69)33-59(78,85-48)32-42(66)29-45(68)44(67)21-20-40(64)28-41(65)30-49(71)82-38(3)37(2)52(36)72/h5-16,18-19,36-48,50-56,58,62,64-70,72-76,78-79H,17,20-35H2,1-4H3,(H,61,77)/t36-,37-,38-,39+,40+,41+,42-,43-,44+,45+,46-,47+,48-,50+,51-,52+,53+,54+,55-,56-,58-,59+,60+/m0/s1. The summed E-state index contributed by atoms with van der Waals surface area (Å²) in [4.78, 5) is 29.2. The monoisotopic (exact) mass is 1210 g/mol. The smallest absolute Gasteiger partial charge is 0.308 e. The van der Waals surface area contributed by atoms with Gasteiger partial charge in [0.25, 0.3) is 0 Å². The van der Waals surface area contributed by atoms with Crippen LogP contribution in [-0.4, -0.2) is 262 Å². The second-order valence-electron chi connectivity index (χ2n) is 23.3. The van der Waals surface area contributed by atoms with Gasteiger partial charge in [-0.3, -0.25) is 14.5 Å². The number of carbonyl (C=O) groups is 2. The van der Waals surface area contributed by atoms with E-state index in [1.165, 1.54) is 13.0 Å². The van der Waals surface area contributed by atoms with Crippen LogP contribution in [0.3, 0.4) is 0 Å². The van der Waals surface area contributed by atoms with Crippen LogP contribution in [0.5, 0.6) is 0 Å². The van der Waals surface area contributed by atoms with Crippen molar-refractivity contribution in [1.29, 1.82) is 0 Å². The Kier molecular flexibility index (Phi) is 30.1. The third-order valence-electron chi connectivity index (χ3n) is 16.3. The molecular weight excluding hydrogens is 1110 g/mol. The number of cyclic esters (lactones) is 1. The lowest BCUT2D eigenvalue weighted by molar-refractivity contribution is -0.323. The molecule has 0 radical (unpaired) electrons. The van der Waals surface area contributed by atoms with Gasteiger partial charge in [0.15, 0.2) is 12.1 Å². The summed E-state index contributed by atoms with van der Waals surface area (Å²) in [5.74, 6) is -8.36. The molecule has 4 fully saturated rings. The van der Waals surface area contributed by atoms with E-state index in [9.17, 15) is 81.1 Å². The van der Waals surface area contributed by atoms with Crippen molar-refractivity contribution in [3.05, 3.63) is 85.1 Å². The molecule has 0 aromatic carbocycles. The summed E-state index contributed by atoms with van der Waals surface area (Å²) < 4.78 is 35.0. The van der Waals surface area contributed by atoms with Gasteiger partial charge in [-0.05, 0) is 46.1 Å². The van der Waals surface area contributed by atoms with E-state index in [-0.39, 0.29) is 38.1 Å². The third-order valence-corrected chi connectivity index (χ3v) is 16.3. The number of nitrogens with zero attached hydrogens (tertiary/aromatic N) is 1. The van der Waals surface area contributed by atoms with Gasteiger partial charge < -0.3 is 111 Å². The number of esters is 1. The first kappa shape index (κ1) is 72.0. The van der Waals surface area contributed by atoms with E-state index < -0.39 is 184 Å². The summed E-state index contributed by atoms with van der Waals surface area (Å²) in [6, 6.07) is -1.34. The van der Waals surface area contributed by atoms with Crippen LogP contribution in [-0.2, 0) is 38.0 Å².